The van der Waals surface area contributed by atoms with Crippen molar-refractivity contribution in [1.29, 1.82) is 0 Å². The fraction of sp³-hybridized carbons (Fsp3) is 0.125. The molecule has 0 radical (unpaired) electrons. The van der Waals surface area contributed by atoms with Crippen molar-refractivity contribution >= 4 is 46.4 Å². The molecule has 0 aliphatic heterocycles. The summed E-state index contributed by atoms with van der Waals surface area (Å²) in [6, 6.07) is 46.4. The smallest absolute Gasteiger partial charge is 0.129 e. The molecule has 0 aliphatic carbocycles. The molecule has 0 heterocycles. The first kappa shape index (κ1) is 50.4. The number of aryl methyl sites for hydroxylation is 6. The quantitative estimate of drug-likeness (QED) is 0.133. The van der Waals surface area contributed by atoms with Crippen molar-refractivity contribution in [2.75, 3.05) is 0 Å². The van der Waals surface area contributed by atoms with E-state index in [9.17, 15) is 22.0 Å². The summed E-state index contributed by atoms with van der Waals surface area (Å²) in [4.78, 5) is 0. The summed E-state index contributed by atoms with van der Waals surface area (Å²) < 4.78 is 61.0. The average molecular weight is 859 g/mol. The maximum atomic E-state index is 12.3. The first-order valence-electron chi connectivity index (χ1n) is 17.4. The molecule has 0 spiro atoms. The van der Waals surface area contributed by atoms with Gasteiger partial charge >= 0.3 is 0 Å². The lowest BCUT2D eigenvalue weighted by atomic mass is 10.2. The highest BCUT2D eigenvalue weighted by atomic mass is 35.5. The lowest BCUT2D eigenvalue weighted by molar-refractivity contribution is 0.577. The van der Waals surface area contributed by atoms with Crippen LogP contribution in [0.2, 0.25) is 20.1 Å². The summed E-state index contributed by atoms with van der Waals surface area (Å²) in [5.74, 6) is -2.22. The molecule has 7 rings (SSSR count). The van der Waals surface area contributed by atoms with Crippen LogP contribution in [0.25, 0.3) is 0 Å². The van der Waals surface area contributed by atoms with Crippen molar-refractivity contribution in [3.63, 3.8) is 0 Å². The summed E-state index contributed by atoms with van der Waals surface area (Å²) in [7, 11) is 0. The first-order valence-corrected chi connectivity index (χ1v) is 18.9. The maximum absolute atomic E-state index is 12.3. The van der Waals surface area contributed by atoms with E-state index in [1.165, 1.54) is 47.5 Å². The van der Waals surface area contributed by atoms with Gasteiger partial charge in [0.15, 0.2) is 0 Å². The normalized spacial score (nSPS) is 9.32. The fourth-order valence-corrected chi connectivity index (χ4v) is 5.09. The van der Waals surface area contributed by atoms with E-state index in [1.807, 2.05) is 131 Å². The molecule has 0 bridgehead atoms. The third-order valence-electron chi connectivity index (χ3n) is 6.79. The van der Waals surface area contributed by atoms with Gasteiger partial charge in [-0.1, -0.05) is 131 Å². The zero-order valence-corrected chi connectivity index (χ0v) is 35.5. The minimum absolute atomic E-state index is 0.162. The predicted molar refractivity (Wildman–Crippen MR) is 233 cm³/mol. The van der Waals surface area contributed by atoms with Crippen LogP contribution in [0.5, 0.6) is 0 Å². The Morgan fingerprint density at radius 1 is 0.281 bits per heavy atom. The predicted octanol–water partition coefficient (Wildman–Crippen LogP) is 17.0. The number of benzene rings is 7. The molecular weight excluding hydrogens is 813 g/mol. The molecule has 0 N–H and O–H groups in total. The molecule has 0 aromatic heterocycles. The van der Waals surface area contributed by atoms with Crippen LogP contribution in [0.3, 0.4) is 0 Å². The van der Waals surface area contributed by atoms with Gasteiger partial charge in [0.05, 0.1) is 0 Å². The molecule has 0 amide bonds. The summed E-state index contributed by atoms with van der Waals surface area (Å²) in [5, 5.41) is 3.00. The molecule has 0 atom stereocenters. The average Bonchev–Trinajstić information content (AvgIpc) is 3.12. The van der Waals surface area contributed by atoms with Crippen molar-refractivity contribution in [3.05, 3.63) is 246 Å². The van der Waals surface area contributed by atoms with Crippen molar-refractivity contribution in [1.82, 2.24) is 0 Å². The number of halogens is 9. The molecule has 7 aromatic rings. The third-order valence-corrected chi connectivity index (χ3v) is 7.71. The minimum atomic E-state index is -0.530. The summed E-state index contributed by atoms with van der Waals surface area (Å²) in [6.07, 6.45) is 0. The van der Waals surface area contributed by atoms with Crippen LogP contribution >= 0.6 is 46.4 Å². The van der Waals surface area contributed by atoms with E-state index >= 15 is 0 Å². The first-order chi connectivity index (χ1) is 26.9. The van der Waals surface area contributed by atoms with E-state index in [0.29, 0.717) is 21.2 Å². The van der Waals surface area contributed by atoms with Crippen LogP contribution in [-0.2, 0) is 0 Å². The monoisotopic (exact) mass is 856 g/mol. The maximum Gasteiger partial charge on any atom is 0.129 e. The highest BCUT2D eigenvalue weighted by Gasteiger charge is 1.96. The summed E-state index contributed by atoms with van der Waals surface area (Å²) >= 11 is 22.6. The number of rotatable bonds is 0. The molecular formula is C48H45Cl4F5. The van der Waals surface area contributed by atoms with Crippen molar-refractivity contribution in [2.45, 2.75) is 41.5 Å². The van der Waals surface area contributed by atoms with E-state index in [2.05, 4.69) is 0 Å². The van der Waals surface area contributed by atoms with Gasteiger partial charge in [-0.25, -0.2) is 22.0 Å². The Morgan fingerprint density at radius 3 is 1.04 bits per heavy atom. The van der Waals surface area contributed by atoms with Gasteiger partial charge in [-0.3, -0.25) is 0 Å². The van der Waals surface area contributed by atoms with Crippen molar-refractivity contribution < 1.29 is 22.0 Å². The molecule has 7 aromatic carbocycles. The van der Waals surface area contributed by atoms with E-state index in [4.69, 9.17) is 46.4 Å². The van der Waals surface area contributed by atoms with Crippen LogP contribution in [0, 0.1) is 70.6 Å². The SMILES string of the molecule is Cc1cc(Cl)cc(Cl)c1.Cc1cc(F)cc(F)c1.Cc1ccc(Cl)cc1.Cc1ccc(F)cc1F.Cc1cccc(Cl)c1.Cc1cccc(F)c1.c1ccccc1. The Hall–Kier alpha value is -4.65. The topological polar surface area (TPSA) is 0 Å². The summed E-state index contributed by atoms with van der Waals surface area (Å²) in [5.41, 5.74) is 5.58. The molecule has 0 fully saturated rings. The van der Waals surface area contributed by atoms with E-state index in [0.717, 1.165) is 33.3 Å². The van der Waals surface area contributed by atoms with E-state index in [1.54, 1.807) is 26.0 Å². The summed E-state index contributed by atoms with van der Waals surface area (Å²) in [6.45, 7) is 11.1. The Balaban J connectivity index is 0.000000333. The lowest BCUT2D eigenvalue weighted by Crippen LogP contribution is -1.81. The lowest BCUT2D eigenvalue weighted by Gasteiger charge is -1.93. The molecule has 57 heavy (non-hydrogen) atoms. The molecule has 0 saturated heterocycles. The number of hydrogen-bond acceptors (Lipinski definition) is 0. The molecule has 0 unspecified atom stereocenters. The van der Waals surface area contributed by atoms with Crippen molar-refractivity contribution in [3.8, 4) is 0 Å². The van der Waals surface area contributed by atoms with Crippen LogP contribution < -0.4 is 0 Å². The van der Waals surface area contributed by atoms with Gasteiger partial charge in [0.1, 0.15) is 29.1 Å². The van der Waals surface area contributed by atoms with Crippen molar-refractivity contribution in [2.24, 2.45) is 0 Å². The second kappa shape index (κ2) is 28.7. The van der Waals surface area contributed by atoms with Gasteiger partial charge in [0.25, 0.3) is 0 Å². The van der Waals surface area contributed by atoms with Gasteiger partial charge in [-0.2, -0.15) is 0 Å². The highest BCUT2D eigenvalue weighted by Crippen LogP contribution is 2.18. The second-order valence-electron chi connectivity index (χ2n) is 12.3. The molecule has 0 nitrogen and oxygen atoms in total. The largest absolute Gasteiger partial charge is 0.207 e. The fourth-order valence-electron chi connectivity index (χ4n) is 4.08. The van der Waals surface area contributed by atoms with Crippen LogP contribution in [0.1, 0.15) is 33.4 Å². The Kier molecular flexibility index (Phi) is 25.4. The van der Waals surface area contributed by atoms with Gasteiger partial charge in [0.2, 0.25) is 0 Å². The molecule has 0 saturated carbocycles. The Labute approximate surface area is 354 Å². The van der Waals surface area contributed by atoms with Gasteiger partial charge in [0, 0.05) is 32.2 Å². The zero-order valence-electron chi connectivity index (χ0n) is 32.5. The standard InChI is InChI=1S/C7H6Cl2.2C7H7Cl.2C7H6F2.C7H7F.C6H6/c1-5-2-6(8)4-7(9)3-5;1-6-2-4-7(8)5-3-6;1-6-3-2-4-7(8)5-6;1-5-2-6(8)4-7(9)3-5;1-5-2-3-6(8)4-7(5)9;1-6-3-2-4-7(8)5-6;1-2-4-6-5-3-1/h2-4H,1H3;2*2-5H,1H3;2*2-4H,1H3;2-5H,1H3;1-6H. The van der Waals surface area contributed by atoms with Crippen LogP contribution in [0.15, 0.2) is 164 Å². The minimum Gasteiger partial charge on any atom is -0.207 e. The Bertz CT molecular complexity index is 1880. The molecule has 0 aliphatic rings. The second-order valence-corrected chi connectivity index (χ2v) is 14.1. The Morgan fingerprint density at radius 2 is 0.702 bits per heavy atom. The van der Waals surface area contributed by atoms with Crippen LogP contribution in [0.4, 0.5) is 22.0 Å². The molecule has 300 valence electrons. The van der Waals surface area contributed by atoms with Gasteiger partial charge in [-0.05, 0) is 142 Å². The van der Waals surface area contributed by atoms with Gasteiger partial charge in [-0.15, -0.1) is 0 Å². The highest BCUT2D eigenvalue weighted by molar-refractivity contribution is 6.34. The molecule has 9 heteroatoms. The van der Waals surface area contributed by atoms with Crippen LogP contribution in [-0.4, -0.2) is 0 Å². The number of hydrogen-bond donors (Lipinski definition) is 0. The van der Waals surface area contributed by atoms with Gasteiger partial charge < -0.3 is 0 Å². The van der Waals surface area contributed by atoms with E-state index in [-0.39, 0.29) is 5.82 Å². The zero-order chi connectivity index (χ0) is 42.8. The van der Waals surface area contributed by atoms with E-state index < -0.39 is 23.3 Å². The third kappa shape index (κ3) is 26.8.